The Labute approximate surface area is 178 Å². The number of halogens is 1. The number of anilines is 1. The summed E-state index contributed by atoms with van der Waals surface area (Å²) in [5.41, 5.74) is 0. The van der Waals surface area contributed by atoms with Gasteiger partial charge in [-0.15, -0.1) is 10.2 Å². The van der Waals surface area contributed by atoms with Crippen molar-refractivity contribution in [1.82, 2.24) is 15.1 Å². The lowest BCUT2D eigenvalue weighted by atomic mass is 9.85. The van der Waals surface area contributed by atoms with Gasteiger partial charge in [-0.25, -0.2) is 0 Å². The molecule has 0 radical (unpaired) electrons. The Morgan fingerprint density at radius 2 is 1.97 bits per heavy atom. The number of nitrogens with zero attached hydrogens (tertiary/aromatic N) is 3. The molecule has 0 spiro atoms. The summed E-state index contributed by atoms with van der Waals surface area (Å²) >= 11 is 4.52. The first-order chi connectivity index (χ1) is 13.9. The number of aromatic nitrogens is 2. The Morgan fingerprint density at radius 1 is 1.28 bits per heavy atom. The molecule has 150 valence electrons. The molecule has 0 aromatic carbocycles. The fourth-order valence-electron chi connectivity index (χ4n) is 4.75. The number of fused-ring (bicyclic) bond motifs is 5. The van der Waals surface area contributed by atoms with Crippen molar-refractivity contribution < 1.29 is 18.8 Å². The van der Waals surface area contributed by atoms with Crippen LogP contribution in [0.25, 0.3) is 0 Å². The first-order valence-corrected chi connectivity index (χ1v) is 10.9. The van der Waals surface area contributed by atoms with Gasteiger partial charge in [0, 0.05) is 0 Å². The van der Waals surface area contributed by atoms with E-state index < -0.39 is 6.04 Å². The fourth-order valence-corrected chi connectivity index (χ4v) is 5.68. The predicted octanol–water partition coefficient (Wildman–Crippen LogP) is 3.08. The van der Waals surface area contributed by atoms with E-state index in [1.165, 1.54) is 16.2 Å². The number of nitrogens with one attached hydrogen (secondary N) is 1. The minimum atomic E-state index is -0.805. The highest BCUT2D eigenvalue weighted by Gasteiger charge is 2.60. The molecule has 3 aliphatic rings. The van der Waals surface area contributed by atoms with Crippen molar-refractivity contribution in [3.05, 3.63) is 39.7 Å². The van der Waals surface area contributed by atoms with Crippen LogP contribution in [-0.2, 0) is 14.4 Å². The minimum absolute atomic E-state index is 0.105. The number of aryl methyl sites for hydroxylation is 1. The van der Waals surface area contributed by atoms with E-state index in [2.05, 4.69) is 31.4 Å². The molecule has 1 aliphatic heterocycles. The summed E-state index contributed by atoms with van der Waals surface area (Å²) in [6, 6.07) is 2.56. The number of furan rings is 1. The molecule has 1 saturated carbocycles. The Morgan fingerprint density at radius 3 is 2.52 bits per heavy atom. The van der Waals surface area contributed by atoms with E-state index >= 15 is 0 Å². The Bertz CT molecular complexity index is 1020. The van der Waals surface area contributed by atoms with Gasteiger partial charge in [0.15, 0.2) is 4.67 Å². The van der Waals surface area contributed by atoms with E-state index in [9.17, 15) is 14.4 Å². The molecule has 2 bridgehead atoms. The van der Waals surface area contributed by atoms with E-state index in [0.29, 0.717) is 15.6 Å². The number of carbonyl (C=O) groups is 3. The molecular weight excluding hydrogens is 460 g/mol. The molecule has 2 aliphatic carbocycles. The van der Waals surface area contributed by atoms with E-state index in [0.717, 1.165) is 11.4 Å². The van der Waals surface area contributed by atoms with Crippen LogP contribution in [0.4, 0.5) is 5.13 Å². The van der Waals surface area contributed by atoms with Crippen LogP contribution in [0.5, 0.6) is 0 Å². The molecule has 5 rings (SSSR count). The molecule has 10 heteroatoms. The van der Waals surface area contributed by atoms with E-state index in [4.69, 9.17) is 4.42 Å². The number of imide groups is 1. The summed E-state index contributed by atoms with van der Waals surface area (Å²) in [5.74, 6) is -0.843. The Hall–Kier alpha value is -2.33. The van der Waals surface area contributed by atoms with Gasteiger partial charge in [0.1, 0.15) is 16.8 Å². The van der Waals surface area contributed by atoms with E-state index in [-0.39, 0.29) is 47.8 Å². The number of hydrogen-bond acceptors (Lipinski definition) is 7. The molecule has 3 heterocycles. The van der Waals surface area contributed by atoms with Gasteiger partial charge in [0.25, 0.3) is 0 Å². The maximum absolute atomic E-state index is 13.2. The Kier molecular flexibility index (Phi) is 4.43. The second kappa shape index (κ2) is 6.88. The zero-order valence-corrected chi connectivity index (χ0v) is 17.8. The van der Waals surface area contributed by atoms with Crippen LogP contribution in [-0.4, -0.2) is 32.8 Å². The summed E-state index contributed by atoms with van der Waals surface area (Å²) in [6.45, 7) is 1.79. The number of hydrogen-bond donors (Lipinski definition) is 1. The molecule has 29 heavy (non-hydrogen) atoms. The smallest absolute Gasteiger partial charge is 0.234 e. The van der Waals surface area contributed by atoms with Gasteiger partial charge in [-0.1, -0.05) is 23.5 Å². The van der Waals surface area contributed by atoms with E-state index in [1.807, 2.05) is 12.2 Å². The van der Waals surface area contributed by atoms with Crippen molar-refractivity contribution in [3.8, 4) is 0 Å². The largest absolute Gasteiger partial charge is 0.452 e. The lowest BCUT2D eigenvalue weighted by molar-refractivity contribution is -0.144. The number of allylic oxidation sites excluding steroid dienone is 2. The van der Waals surface area contributed by atoms with Gasteiger partial charge >= 0.3 is 0 Å². The number of likely N-dealkylation sites (tertiary alicyclic amines) is 1. The first-order valence-electron chi connectivity index (χ1n) is 9.33. The first kappa shape index (κ1) is 18.7. The lowest BCUT2D eigenvalue weighted by Crippen LogP contribution is -2.38. The highest BCUT2D eigenvalue weighted by atomic mass is 79.9. The second-order valence-electron chi connectivity index (χ2n) is 7.58. The summed E-state index contributed by atoms with van der Waals surface area (Å²) < 4.78 is 6.12. The van der Waals surface area contributed by atoms with Gasteiger partial charge in [-0.2, -0.15) is 0 Å². The molecule has 5 atom stereocenters. The molecule has 2 aromatic heterocycles. The average molecular weight is 477 g/mol. The maximum Gasteiger partial charge on any atom is 0.234 e. The van der Waals surface area contributed by atoms with Crippen molar-refractivity contribution in [3.63, 3.8) is 0 Å². The van der Waals surface area contributed by atoms with Crippen molar-refractivity contribution in [2.45, 2.75) is 25.8 Å². The van der Waals surface area contributed by atoms with Crippen molar-refractivity contribution in [1.29, 1.82) is 0 Å². The maximum atomic E-state index is 13.2. The third-order valence-electron chi connectivity index (χ3n) is 5.89. The minimum Gasteiger partial charge on any atom is -0.452 e. The van der Waals surface area contributed by atoms with Crippen LogP contribution in [0.2, 0.25) is 0 Å². The van der Waals surface area contributed by atoms with Gasteiger partial charge in [0.2, 0.25) is 22.9 Å². The topological polar surface area (TPSA) is 105 Å². The molecule has 5 unspecified atom stereocenters. The van der Waals surface area contributed by atoms with Gasteiger partial charge in [-0.05, 0) is 53.2 Å². The molecule has 3 amide bonds. The molecule has 1 N–H and O–H groups in total. The summed E-state index contributed by atoms with van der Waals surface area (Å²) in [4.78, 5) is 40.4. The summed E-state index contributed by atoms with van der Waals surface area (Å²) in [5, 5.41) is 11.6. The second-order valence-corrected chi connectivity index (χ2v) is 9.55. The van der Waals surface area contributed by atoms with Crippen LogP contribution in [0.15, 0.2) is 33.4 Å². The quantitative estimate of drug-likeness (QED) is 0.524. The predicted molar refractivity (Wildman–Crippen MR) is 107 cm³/mol. The molecule has 1 saturated heterocycles. The number of amides is 3. The standard InChI is InChI=1S/C19H17BrN4O4S/c1-8-22-23-19(29-8)21-14(25)7-11(12-4-5-13(20)28-12)24-17(26)15-9-2-3-10(6-9)16(15)18(24)27/h2-5,9-11,15-16H,6-7H2,1H3,(H,21,23,25). The molecular formula is C19H17BrN4O4S. The van der Waals surface area contributed by atoms with Gasteiger partial charge in [-0.3, -0.25) is 19.3 Å². The fraction of sp³-hybridized carbons (Fsp3) is 0.421. The van der Waals surface area contributed by atoms with Crippen LogP contribution in [0.3, 0.4) is 0 Å². The Balaban J connectivity index is 1.43. The third-order valence-corrected chi connectivity index (χ3v) is 7.07. The number of rotatable bonds is 5. The van der Waals surface area contributed by atoms with Crippen molar-refractivity contribution >= 4 is 50.1 Å². The van der Waals surface area contributed by atoms with E-state index in [1.54, 1.807) is 19.1 Å². The molecule has 2 fully saturated rings. The highest BCUT2D eigenvalue weighted by molar-refractivity contribution is 9.10. The average Bonchev–Trinajstić information content (AvgIpc) is 3.46. The zero-order chi connectivity index (χ0) is 20.3. The van der Waals surface area contributed by atoms with Crippen molar-refractivity contribution in [2.24, 2.45) is 23.7 Å². The zero-order valence-electron chi connectivity index (χ0n) is 15.4. The van der Waals surface area contributed by atoms with Crippen LogP contribution in [0, 0.1) is 30.6 Å². The summed E-state index contributed by atoms with van der Waals surface area (Å²) in [6.07, 6.45) is 4.83. The van der Waals surface area contributed by atoms with Crippen LogP contribution < -0.4 is 5.32 Å². The SMILES string of the molecule is Cc1nnc(NC(=O)CC(c2ccc(Br)o2)N2C(=O)C3C4C=CC(C4)C3C2=O)s1. The van der Waals surface area contributed by atoms with Crippen LogP contribution in [0.1, 0.15) is 29.7 Å². The molecule has 8 nitrogen and oxygen atoms in total. The van der Waals surface area contributed by atoms with Crippen LogP contribution >= 0.6 is 27.3 Å². The number of carbonyl (C=O) groups excluding carboxylic acids is 3. The van der Waals surface area contributed by atoms with Gasteiger partial charge in [0.05, 0.1) is 18.3 Å². The summed E-state index contributed by atoms with van der Waals surface area (Å²) in [7, 11) is 0. The lowest BCUT2D eigenvalue weighted by Gasteiger charge is -2.25. The van der Waals surface area contributed by atoms with Crippen molar-refractivity contribution in [2.75, 3.05) is 5.32 Å². The van der Waals surface area contributed by atoms with Gasteiger partial charge < -0.3 is 9.73 Å². The normalized spacial score (nSPS) is 28.3. The highest BCUT2D eigenvalue weighted by Crippen LogP contribution is 2.54. The molecule has 2 aromatic rings. The third kappa shape index (κ3) is 3.05. The monoisotopic (exact) mass is 476 g/mol.